The van der Waals surface area contributed by atoms with Crippen LogP contribution in [0.2, 0.25) is 0 Å². The molecule has 228 valence electrons. The Labute approximate surface area is 255 Å². The second kappa shape index (κ2) is 12.1. The first-order chi connectivity index (χ1) is 21.4. The summed E-state index contributed by atoms with van der Waals surface area (Å²) in [6, 6.07) is 24.9. The number of H-pyrrole nitrogens is 1. The Morgan fingerprint density at radius 3 is 2.27 bits per heavy atom. The highest BCUT2D eigenvalue weighted by molar-refractivity contribution is 6.02. The molecule has 44 heavy (non-hydrogen) atoms. The van der Waals surface area contributed by atoms with Crippen molar-refractivity contribution in [2.75, 3.05) is 33.3 Å². The molecule has 4 atom stereocenters. The van der Waals surface area contributed by atoms with E-state index < -0.39 is 29.9 Å². The minimum absolute atomic E-state index is 0.0175. The van der Waals surface area contributed by atoms with Crippen LogP contribution in [0, 0.1) is 6.92 Å². The third kappa shape index (κ3) is 5.06. The molecule has 0 spiro atoms. The average molecular weight is 598 g/mol. The minimum atomic E-state index is -1.11. The standard InChI is InChI=1S/C34H35N3O7/c1-20-18-24(41-3)14-15-26(20)34(21-8-6-5-7-9-21,22-10-12-23(40-2)13-11-22)43-19-27-29(38)31(42-4)30(44-27)28-25-16-17-35-32(25)37-33(39)36-28/h5-18,27,29,31,35,38H,19H2,1-4H3,(H2,36,37,39)/t27-,29-,31-,34?/m1/s1. The van der Waals surface area contributed by atoms with E-state index in [1.807, 2.05) is 85.8 Å². The fourth-order valence-corrected chi connectivity index (χ4v) is 6.02. The lowest BCUT2D eigenvalue weighted by Crippen LogP contribution is -2.40. The fraction of sp³-hybridized carbons (Fsp3) is 0.265. The molecule has 0 saturated carbocycles. The summed E-state index contributed by atoms with van der Waals surface area (Å²) in [5.41, 5.74) is 3.60. The molecule has 1 saturated heterocycles. The largest absolute Gasteiger partial charge is 0.497 e. The summed E-state index contributed by atoms with van der Waals surface area (Å²) in [7, 11) is 4.76. The molecule has 1 aromatic heterocycles. The van der Waals surface area contributed by atoms with Gasteiger partial charge < -0.3 is 39.1 Å². The van der Waals surface area contributed by atoms with Crippen LogP contribution in [0.5, 0.6) is 11.5 Å². The number of amides is 2. The molecule has 1 unspecified atom stereocenters. The lowest BCUT2D eigenvalue weighted by Gasteiger charge is -2.38. The van der Waals surface area contributed by atoms with Gasteiger partial charge in [0.15, 0.2) is 11.9 Å². The van der Waals surface area contributed by atoms with Gasteiger partial charge in [-0.1, -0.05) is 48.5 Å². The number of hydrogen-bond acceptors (Lipinski definition) is 7. The number of aliphatic hydroxyl groups is 1. The number of fused-ring (bicyclic) bond motifs is 1. The number of aliphatic hydroxyl groups excluding tert-OH is 1. The third-order valence-electron chi connectivity index (χ3n) is 8.18. The number of benzene rings is 3. The van der Waals surface area contributed by atoms with Gasteiger partial charge in [0.2, 0.25) is 0 Å². The summed E-state index contributed by atoms with van der Waals surface area (Å²) in [6.07, 6.45) is -1.03. The third-order valence-corrected chi connectivity index (χ3v) is 8.18. The van der Waals surface area contributed by atoms with Crippen LogP contribution in [0.3, 0.4) is 0 Å². The second-order valence-corrected chi connectivity index (χ2v) is 10.7. The Morgan fingerprint density at radius 1 is 0.886 bits per heavy atom. The molecule has 4 aromatic rings. The lowest BCUT2D eigenvalue weighted by atomic mass is 9.78. The van der Waals surface area contributed by atoms with Crippen molar-refractivity contribution in [1.29, 1.82) is 0 Å². The molecular formula is C34H35N3O7. The van der Waals surface area contributed by atoms with Crippen molar-refractivity contribution in [3.05, 3.63) is 119 Å². The van der Waals surface area contributed by atoms with Crippen LogP contribution in [0.1, 0.15) is 27.8 Å². The second-order valence-electron chi connectivity index (χ2n) is 10.7. The Balaban J connectivity index is 1.44. The zero-order chi connectivity index (χ0) is 30.8. The van der Waals surface area contributed by atoms with Gasteiger partial charge >= 0.3 is 6.03 Å². The van der Waals surface area contributed by atoms with Gasteiger partial charge in [0.05, 0.1) is 26.5 Å². The monoisotopic (exact) mass is 597 g/mol. The highest BCUT2D eigenvalue weighted by Gasteiger charge is 2.47. The molecule has 3 heterocycles. The first-order valence-electron chi connectivity index (χ1n) is 14.3. The first-order valence-corrected chi connectivity index (χ1v) is 14.3. The fourth-order valence-electron chi connectivity index (χ4n) is 6.02. The number of urea groups is 1. The molecule has 2 aliphatic rings. The van der Waals surface area contributed by atoms with Crippen molar-refractivity contribution in [3.63, 3.8) is 0 Å². The molecule has 2 aliphatic heterocycles. The number of aromatic nitrogens is 1. The maximum absolute atomic E-state index is 12.4. The molecule has 2 amide bonds. The van der Waals surface area contributed by atoms with Crippen molar-refractivity contribution >= 4 is 17.5 Å². The van der Waals surface area contributed by atoms with Gasteiger partial charge in [0.1, 0.15) is 35.1 Å². The van der Waals surface area contributed by atoms with E-state index in [4.69, 9.17) is 23.7 Å². The maximum atomic E-state index is 12.4. The summed E-state index contributed by atoms with van der Waals surface area (Å²) in [6.45, 7) is 2.00. The van der Waals surface area contributed by atoms with Crippen LogP contribution >= 0.6 is 0 Å². The molecule has 0 aliphatic carbocycles. The number of methoxy groups -OCH3 is 3. The molecule has 10 heteroatoms. The van der Waals surface area contributed by atoms with Crippen molar-refractivity contribution in [2.24, 2.45) is 0 Å². The zero-order valence-electron chi connectivity index (χ0n) is 24.9. The van der Waals surface area contributed by atoms with E-state index in [1.165, 1.54) is 7.11 Å². The van der Waals surface area contributed by atoms with Gasteiger partial charge in [-0.2, -0.15) is 0 Å². The van der Waals surface area contributed by atoms with E-state index in [-0.39, 0.29) is 6.61 Å². The Morgan fingerprint density at radius 2 is 1.59 bits per heavy atom. The van der Waals surface area contributed by atoms with E-state index in [2.05, 4.69) is 15.6 Å². The number of anilines is 1. The van der Waals surface area contributed by atoms with Crippen molar-refractivity contribution in [3.8, 4) is 11.5 Å². The van der Waals surface area contributed by atoms with E-state index >= 15 is 0 Å². The molecule has 0 radical (unpaired) electrons. The number of nitrogens with one attached hydrogen (secondary N) is 3. The predicted molar refractivity (Wildman–Crippen MR) is 165 cm³/mol. The Bertz CT molecular complexity index is 1670. The van der Waals surface area contributed by atoms with Crippen LogP contribution < -0.4 is 20.1 Å². The normalized spacial score (nSPS) is 22.3. The van der Waals surface area contributed by atoms with Gasteiger partial charge in [0.25, 0.3) is 0 Å². The number of hydrogen-bond donors (Lipinski definition) is 4. The summed E-state index contributed by atoms with van der Waals surface area (Å²) in [5.74, 6) is 2.29. The number of aromatic amines is 1. The molecule has 3 aromatic carbocycles. The molecule has 0 bridgehead atoms. The highest BCUT2D eigenvalue weighted by Crippen LogP contribution is 2.44. The summed E-state index contributed by atoms with van der Waals surface area (Å²) >= 11 is 0. The van der Waals surface area contributed by atoms with E-state index in [0.29, 0.717) is 28.6 Å². The first kappa shape index (κ1) is 29.3. The summed E-state index contributed by atoms with van der Waals surface area (Å²) < 4.78 is 30.1. The lowest BCUT2D eigenvalue weighted by molar-refractivity contribution is -0.0708. The highest BCUT2D eigenvalue weighted by atomic mass is 16.6. The number of ether oxygens (including phenoxy) is 5. The van der Waals surface area contributed by atoms with E-state index in [0.717, 1.165) is 28.0 Å². The summed E-state index contributed by atoms with van der Waals surface area (Å²) in [5, 5.41) is 17.0. The molecular weight excluding hydrogens is 562 g/mol. The molecule has 6 rings (SSSR count). The van der Waals surface area contributed by atoms with Crippen LogP contribution in [0.4, 0.5) is 10.6 Å². The van der Waals surface area contributed by atoms with Crippen LogP contribution in [0.15, 0.2) is 90.8 Å². The predicted octanol–water partition coefficient (Wildman–Crippen LogP) is 4.93. The quantitative estimate of drug-likeness (QED) is 0.202. The molecule has 10 nitrogen and oxygen atoms in total. The van der Waals surface area contributed by atoms with Crippen LogP contribution in [0.25, 0.3) is 5.70 Å². The summed E-state index contributed by atoms with van der Waals surface area (Å²) in [4.78, 5) is 15.4. The average Bonchev–Trinajstić information content (AvgIpc) is 3.65. The Kier molecular flexibility index (Phi) is 8.05. The molecule has 4 N–H and O–H groups in total. The van der Waals surface area contributed by atoms with Gasteiger partial charge in [-0.25, -0.2) is 4.79 Å². The number of carbonyl (C=O) groups excluding carboxylic acids is 1. The molecule has 1 fully saturated rings. The van der Waals surface area contributed by atoms with E-state index in [1.54, 1.807) is 20.4 Å². The maximum Gasteiger partial charge on any atom is 0.324 e. The topological polar surface area (TPSA) is 123 Å². The van der Waals surface area contributed by atoms with Gasteiger partial charge in [0, 0.05) is 18.9 Å². The van der Waals surface area contributed by atoms with Gasteiger partial charge in [-0.15, -0.1) is 0 Å². The van der Waals surface area contributed by atoms with Crippen molar-refractivity contribution in [1.82, 2.24) is 10.3 Å². The number of carbonyl (C=O) groups is 1. The number of aryl methyl sites for hydroxylation is 1. The van der Waals surface area contributed by atoms with E-state index in [9.17, 15) is 9.90 Å². The smallest absolute Gasteiger partial charge is 0.324 e. The minimum Gasteiger partial charge on any atom is -0.497 e. The van der Waals surface area contributed by atoms with Crippen molar-refractivity contribution < 1.29 is 33.6 Å². The van der Waals surface area contributed by atoms with Crippen LogP contribution in [-0.4, -0.2) is 62.4 Å². The number of rotatable bonds is 9. The Hall–Kier alpha value is -4.77. The zero-order valence-corrected chi connectivity index (χ0v) is 24.9. The van der Waals surface area contributed by atoms with Gasteiger partial charge in [-0.05, 0) is 59.5 Å². The van der Waals surface area contributed by atoms with Crippen LogP contribution in [-0.2, 0) is 19.8 Å². The van der Waals surface area contributed by atoms with Crippen molar-refractivity contribution in [2.45, 2.75) is 30.8 Å². The SMILES string of the molecule is COc1ccc(C(OC[C@H]2OC(=C3NC(=O)Nc4[nH]ccc43)[C@H](OC)[C@@H]2O)(c2ccccc2)c2ccc(OC)cc2C)cc1. The van der Waals surface area contributed by atoms with Gasteiger partial charge in [-0.3, -0.25) is 5.32 Å².